The maximum absolute atomic E-state index is 13.3. The fourth-order valence-corrected chi connectivity index (χ4v) is 2.91. The topological polar surface area (TPSA) is 55.6 Å². The van der Waals surface area contributed by atoms with E-state index in [9.17, 15) is 4.39 Å². The van der Waals surface area contributed by atoms with Crippen LogP contribution in [0.25, 0.3) is 16.7 Å². The van der Waals surface area contributed by atoms with Crippen LogP contribution in [0.15, 0.2) is 24.3 Å². The summed E-state index contributed by atoms with van der Waals surface area (Å²) in [5.41, 5.74) is 2.45. The van der Waals surface area contributed by atoms with Crippen LogP contribution in [-0.2, 0) is 0 Å². The van der Waals surface area contributed by atoms with Crippen LogP contribution in [0.4, 0.5) is 10.2 Å². The van der Waals surface area contributed by atoms with Crippen molar-refractivity contribution < 1.29 is 4.39 Å². The van der Waals surface area contributed by atoms with Crippen molar-refractivity contribution in [3.63, 3.8) is 0 Å². The Bertz CT molecular complexity index is 910. The summed E-state index contributed by atoms with van der Waals surface area (Å²) >= 11 is 0. The molecule has 1 aromatic carbocycles. The van der Waals surface area contributed by atoms with E-state index in [4.69, 9.17) is 9.97 Å². The molecular formula is C19H22FN5. The summed E-state index contributed by atoms with van der Waals surface area (Å²) in [5, 5.41) is 9.05. The molecule has 1 fully saturated rings. The van der Waals surface area contributed by atoms with Crippen LogP contribution in [0, 0.1) is 18.7 Å². The molecule has 6 heteroatoms. The Labute approximate surface area is 146 Å². The molecule has 3 aromatic rings. The molecule has 0 amide bonds. The SMILES string of the molecule is Cc1nn(-c2ccc(F)cc2)c2nc(C3CC3)nc(NCC(C)C)c12. The van der Waals surface area contributed by atoms with Gasteiger partial charge in [0.15, 0.2) is 5.65 Å². The maximum Gasteiger partial charge on any atom is 0.168 e. The van der Waals surface area contributed by atoms with Crippen molar-refractivity contribution in [1.82, 2.24) is 19.7 Å². The summed E-state index contributed by atoms with van der Waals surface area (Å²) in [4.78, 5) is 9.58. The lowest BCUT2D eigenvalue weighted by Gasteiger charge is -2.11. The van der Waals surface area contributed by atoms with E-state index in [0.29, 0.717) is 11.8 Å². The molecule has 1 saturated carbocycles. The number of aromatic nitrogens is 4. The van der Waals surface area contributed by atoms with Crippen LogP contribution >= 0.6 is 0 Å². The van der Waals surface area contributed by atoms with E-state index in [1.54, 1.807) is 16.8 Å². The van der Waals surface area contributed by atoms with Crippen LogP contribution in [-0.4, -0.2) is 26.3 Å². The van der Waals surface area contributed by atoms with Crippen molar-refractivity contribution in [3.8, 4) is 5.69 Å². The molecule has 1 N–H and O–H groups in total. The Balaban J connectivity index is 1.88. The zero-order valence-corrected chi connectivity index (χ0v) is 14.8. The van der Waals surface area contributed by atoms with Gasteiger partial charge in [-0.25, -0.2) is 19.0 Å². The van der Waals surface area contributed by atoms with Crippen LogP contribution < -0.4 is 5.32 Å². The molecule has 0 bridgehead atoms. The van der Waals surface area contributed by atoms with Gasteiger partial charge in [-0.15, -0.1) is 0 Å². The number of nitrogens with one attached hydrogen (secondary N) is 1. The number of hydrogen-bond donors (Lipinski definition) is 1. The van der Waals surface area contributed by atoms with Crippen molar-refractivity contribution in [2.45, 2.75) is 39.5 Å². The van der Waals surface area contributed by atoms with Crippen molar-refractivity contribution in [2.75, 3.05) is 11.9 Å². The van der Waals surface area contributed by atoms with Gasteiger partial charge in [0.1, 0.15) is 17.5 Å². The van der Waals surface area contributed by atoms with Crippen molar-refractivity contribution in [1.29, 1.82) is 0 Å². The minimum absolute atomic E-state index is 0.260. The van der Waals surface area contributed by atoms with E-state index < -0.39 is 0 Å². The lowest BCUT2D eigenvalue weighted by molar-refractivity contribution is 0.627. The Kier molecular flexibility index (Phi) is 3.90. The number of benzene rings is 1. The Morgan fingerprint density at radius 1 is 1.20 bits per heavy atom. The van der Waals surface area contributed by atoms with E-state index in [1.165, 1.54) is 12.1 Å². The first-order chi connectivity index (χ1) is 12.0. The Morgan fingerprint density at radius 3 is 2.56 bits per heavy atom. The maximum atomic E-state index is 13.3. The fourth-order valence-electron chi connectivity index (χ4n) is 2.91. The van der Waals surface area contributed by atoms with E-state index in [2.05, 4.69) is 24.3 Å². The minimum Gasteiger partial charge on any atom is -0.369 e. The zero-order valence-electron chi connectivity index (χ0n) is 14.8. The highest BCUT2D eigenvalue weighted by molar-refractivity contribution is 5.90. The number of fused-ring (bicyclic) bond motifs is 1. The van der Waals surface area contributed by atoms with Crippen LogP contribution in [0.3, 0.4) is 0 Å². The predicted molar refractivity (Wildman–Crippen MR) is 96.7 cm³/mol. The number of aryl methyl sites for hydroxylation is 1. The molecule has 2 aromatic heterocycles. The molecule has 0 spiro atoms. The third kappa shape index (κ3) is 3.08. The molecule has 0 saturated heterocycles. The van der Waals surface area contributed by atoms with E-state index in [-0.39, 0.29) is 5.82 Å². The minimum atomic E-state index is -0.260. The molecule has 25 heavy (non-hydrogen) atoms. The lowest BCUT2D eigenvalue weighted by Crippen LogP contribution is -2.11. The van der Waals surface area contributed by atoms with Gasteiger partial charge in [-0.3, -0.25) is 0 Å². The van der Waals surface area contributed by atoms with Crippen LogP contribution in [0.2, 0.25) is 0 Å². The molecule has 4 rings (SSSR count). The highest BCUT2D eigenvalue weighted by Gasteiger charge is 2.29. The van der Waals surface area contributed by atoms with Crippen molar-refractivity contribution in [3.05, 3.63) is 41.6 Å². The summed E-state index contributed by atoms with van der Waals surface area (Å²) in [7, 11) is 0. The first kappa shape index (κ1) is 16.0. The molecule has 2 heterocycles. The molecule has 1 aliphatic rings. The first-order valence-electron chi connectivity index (χ1n) is 8.80. The average Bonchev–Trinajstić information content (AvgIpc) is 3.38. The number of rotatable bonds is 5. The van der Waals surface area contributed by atoms with Gasteiger partial charge < -0.3 is 5.32 Å². The first-order valence-corrected chi connectivity index (χ1v) is 8.80. The smallest absolute Gasteiger partial charge is 0.168 e. The molecule has 0 radical (unpaired) electrons. The number of halogens is 1. The molecule has 1 aliphatic carbocycles. The van der Waals surface area contributed by atoms with Gasteiger partial charge in [0, 0.05) is 12.5 Å². The highest BCUT2D eigenvalue weighted by atomic mass is 19.1. The second kappa shape index (κ2) is 6.10. The van der Waals surface area contributed by atoms with Crippen molar-refractivity contribution >= 4 is 16.9 Å². The van der Waals surface area contributed by atoms with Gasteiger partial charge in [-0.1, -0.05) is 13.8 Å². The largest absolute Gasteiger partial charge is 0.369 e. The van der Waals surface area contributed by atoms with Gasteiger partial charge in [0.2, 0.25) is 0 Å². The number of nitrogens with zero attached hydrogens (tertiary/aromatic N) is 4. The quantitative estimate of drug-likeness (QED) is 0.756. The highest BCUT2D eigenvalue weighted by Crippen LogP contribution is 2.40. The predicted octanol–water partition coefficient (Wildman–Crippen LogP) is 4.21. The van der Waals surface area contributed by atoms with E-state index in [0.717, 1.165) is 53.4 Å². The Morgan fingerprint density at radius 2 is 1.92 bits per heavy atom. The summed E-state index contributed by atoms with van der Waals surface area (Å²) in [5.74, 6) is 2.43. The van der Waals surface area contributed by atoms with Gasteiger partial charge in [-0.05, 0) is 49.9 Å². The Hall–Kier alpha value is -2.50. The van der Waals surface area contributed by atoms with E-state index >= 15 is 0 Å². The van der Waals surface area contributed by atoms with Gasteiger partial charge >= 0.3 is 0 Å². The van der Waals surface area contributed by atoms with Crippen molar-refractivity contribution in [2.24, 2.45) is 5.92 Å². The van der Waals surface area contributed by atoms with E-state index in [1.807, 2.05) is 6.92 Å². The molecular weight excluding hydrogens is 317 g/mol. The second-order valence-electron chi connectivity index (χ2n) is 7.15. The molecule has 0 aliphatic heterocycles. The fraction of sp³-hybridized carbons (Fsp3) is 0.421. The zero-order chi connectivity index (χ0) is 17.6. The lowest BCUT2D eigenvalue weighted by atomic mass is 10.2. The summed E-state index contributed by atoms with van der Waals surface area (Å²) < 4.78 is 15.1. The third-order valence-electron chi connectivity index (χ3n) is 4.41. The standard InChI is InChI=1S/C19H22FN5/c1-11(2)10-21-18-16-12(3)24-25(15-8-6-14(20)7-9-15)19(16)23-17(22-18)13-4-5-13/h6-9,11,13H,4-5,10H2,1-3H3,(H,21,22,23). The van der Waals surface area contributed by atoms with Gasteiger partial charge in [0.25, 0.3) is 0 Å². The monoisotopic (exact) mass is 339 g/mol. The third-order valence-corrected chi connectivity index (χ3v) is 4.41. The van der Waals surface area contributed by atoms with Crippen LogP contribution in [0.1, 0.15) is 44.1 Å². The molecule has 0 atom stereocenters. The summed E-state index contributed by atoms with van der Waals surface area (Å²) in [6, 6.07) is 6.33. The molecule has 130 valence electrons. The number of anilines is 1. The average molecular weight is 339 g/mol. The normalized spacial score (nSPS) is 14.4. The van der Waals surface area contributed by atoms with Gasteiger partial charge in [0.05, 0.1) is 16.8 Å². The number of hydrogen-bond acceptors (Lipinski definition) is 4. The molecule has 0 unspecified atom stereocenters. The second-order valence-corrected chi connectivity index (χ2v) is 7.15. The summed E-state index contributed by atoms with van der Waals surface area (Å²) in [6.07, 6.45) is 2.28. The van der Waals surface area contributed by atoms with Crippen LogP contribution in [0.5, 0.6) is 0 Å². The molecule has 5 nitrogen and oxygen atoms in total. The summed E-state index contributed by atoms with van der Waals surface area (Å²) in [6.45, 7) is 7.14. The van der Waals surface area contributed by atoms with Gasteiger partial charge in [-0.2, -0.15) is 5.10 Å².